The van der Waals surface area contributed by atoms with Gasteiger partial charge in [0.15, 0.2) is 0 Å². The molecular formula is C10H16N2O2S2. The van der Waals surface area contributed by atoms with Gasteiger partial charge in [-0.3, -0.25) is 0 Å². The molecular weight excluding hydrogens is 244 g/mol. The molecule has 0 amide bonds. The van der Waals surface area contributed by atoms with Crippen LogP contribution < -0.4 is 0 Å². The van der Waals surface area contributed by atoms with Crippen LogP contribution in [0.1, 0.15) is 31.2 Å². The first kappa shape index (κ1) is 12.0. The first-order valence-electron chi connectivity index (χ1n) is 5.51. The summed E-state index contributed by atoms with van der Waals surface area (Å²) in [6, 6.07) is 0.223. The largest absolute Gasteiger partial charge is 0.248 e. The number of sulfonamides is 1. The van der Waals surface area contributed by atoms with E-state index in [1.165, 1.54) is 11.3 Å². The highest BCUT2D eigenvalue weighted by Gasteiger charge is 2.36. The zero-order valence-electron chi connectivity index (χ0n) is 9.30. The first-order chi connectivity index (χ1) is 7.63. The third kappa shape index (κ3) is 2.81. The maximum atomic E-state index is 12.0. The Kier molecular flexibility index (Phi) is 3.61. The molecule has 1 saturated carbocycles. The molecule has 0 radical (unpaired) electrons. The summed E-state index contributed by atoms with van der Waals surface area (Å²) >= 11 is 1.51. The monoisotopic (exact) mass is 260 g/mol. The Morgan fingerprint density at radius 2 is 2.31 bits per heavy atom. The predicted octanol–water partition coefficient (Wildman–Crippen LogP) is 1.85. The van der Waals surface area contributed by atoms with E-state index in [1.807, 2.05) is 12.3 Å². The van der Waals surface area contributed by atoms with Crippen LogP contribution in [0.4, 0.5) is 0 Å². The number of aromatic nitrogens is 1. The minimum absolute atomic E-state index is 0.223. The SMILES string of the molecule is CCCS(=O)(=O)N(Cc1nccs1)C1CC1. The number of rotatable bonds is 6. The van der Waals surface area contributed by atoms with Gasteiger partial charge in [0.2, 0.25) is 10.0 Å². The van der Waals surface area contributed by atoms with Crippen molar-refractivity contribution in [2.24, 2.45) is 0 Å². The molecule has 1 aromatic heterocycles. The highest BCUT2D eigenvalue weighted by molar-refractivity contribution is 7.89. The zero-order chi connectivity index (χ0) is 11.6. The van der Waals surface area contributed by atoms with Crippen LogP contribution in [0.15, 0.2) is 11.6 Å². The summed E-state index contributed by atoms with van der Waals surface area (Å²) in [5.74, 6) is 0.245. The van der Waals surface area contributed by atoms with E-state index in [0.29, 0.717) is 13.0 Å². The number of nitrogens with zero attached hydrogens (tertiary/aromatic N) is 2. The minimum atomic E-state index is -3.09. The summed E-state index contributed by atoms with van der Waals surface area (Å²) in [5.41, 5.74) is 0. The van der Waals surface area contributed by atoms with Gasteiger partial charge in [0, 0.05) is 17.6 Å². The number of hydrogen-bond acceptors (Lipinski definition) is 4. The van der Waals surface area contributed by atoms with Gasteiger partial charge < -0.3 is 0 Å². The van der Waals surface area contributed by atoms with Crippen LogP contribution in [0.25, 0.3) is 0 Å². The summed E-state index contributed by atoms with van der Waals surface area (Å²) in [4.78, 5) is 4.15. The van der Waals surface area contributed by atoms with Crippen LogP contribution in [-0.2, 0) is 16.6 Å². The molecule has 6 heteroatoms. The molecule has 1 aliphatic carbocycles. The standard InChI is InChI=1S/C10H16N2O2S2/c1-2-7-16(13,14)12(9-3-4-9)8-10-11-5-6-15-10/h5-6,9H,2-4,7-8H2,1H3. The van der Waals surface area contributed by atoms with E-state index < -0.39 is 10.0 Å². The van der Waals surface area contributed by atoms with E-state index in [0.717, 1.165) is 17.8 Å². The van der Waals surface area contributed by atoms with Gasteiger partial charge in [0.1, 0.15) is 5.01 Å². The van der Waals surface area contributed by atoms with Gasteiger partial charge in [0.25, 0.3) is 0 Å². The molecule has 1 heterocycles. The topological polar surface area (TPSA) is 50.3 Å². The second-order valence-electron chi connectivity index (χ2n) is 4.02. The summed E-state index contributed by atoms with van der Waals surface area (Å²) in [5, 5.41) is 2.76. The molecule has 0 bridgehead atoms. The molecule has 0 saturated heterocycles. The van der Waals surface area contributed by atoms with Crippen LogP contribution in [0.3, 0.4) is 0 Å². The summed E-state index contributed by atoms with van der Waals surface area (Å²) in [7, 11) is -3.09. The highest BCUT2D eigenvalue weighted by Crippen LogP contribution is 2.31. The normalized spacial score (nSPS) is 16.9. The highest BCUT2D eigenvalue weighted by atomic mass is 32.2. The van der Waals surface area contributed by atoms with Crippen LogP contribution in [0.2, 0.25) is 0 Å². The van der Waals surface area contributed by atoms with Crippen LogP contribution in [0, 0.1) is 0 Å². The van der Waals surface area contributed by atoms with Gasteiger partial charge in [-0.25, -0.2) is 13.4 Å². The minimum Gasteiger partial charge on any atom is -0.248 e. The van der Waals surface area contributed by atoms with E-state index in [-0.39, 0.29) is 11.8 Å². The van der Waals surface area contributed by atoms with Crippen molar-refractivity contribution in [2.75, 3.05) is 5.75 Å². The van der Waals surface area contributed by atoms with E-state index in [9.17, 15) is 8.42 Å². The van der Waals surface area contributed by atoms with Crippen molar-refractivity contribution in [3.8, 4) is 0 Å². The summed E-state index contributed by atoms with van der Waals surface area (Å²) < 4.78 is 25.7. The van der Waals surface area contributed by atoms with Crippen molar-refractivity contribution in [3.05, 3.63) is 16.6 Å². The Balaban J connectivity index is 2.11. The van der Waals surface area contributed by atoms with Crippen molar-refractivity contribution in [1.82, 2.24) is 9.29 Å². The second-order valence-corrected chi connectivity index (χ2v) is 7.04. The lowest BCUT2D eigenvalue weighted by molar-refractivity contribution is 0.397. The van der Waals surface area contributed by atoms with Gasteiger partial charge in [-0.1, -0.05) is 6.92 Å². The summed E-state index contributed by atoms with van der Waals surface area (Å²) in [6.07, 6.45) is 4.38. The lowest BCUT2D eigenvalue weighted by Gasteiger charge is -2.20. The molecule has 0 spiro atoms. The second kappa shape index (κ2) is 4.81. The summed E-state index contributed by atoms with van der Waals surface area (Å²) in [6.45, 7) is 2.34. The van der Waals surface area contributed by atoms with Gasteiger partial charge in [-0.2, -0.15) is 4.31 Å². The maximum absolute atomic E-state index is 12.0. The smallest absolute Gasteiger partial charge is 0.214 e. The van der Waals surface area contributed by atoms with Gasteiger partial charge in [0.05, 0.1) is 12.3 Å². The zero-order valence-corrected chi connectivity index (χ0v) is 10.9. The van der Waals surface area contributed by atoms with E-state index in [1.54, 1.807) is 10.5 Å². The number of thiazole rings is 1. The van der Waals surface area contributed by atoms with Gasteiger partial charge >= 0.3 is 0 Å². The fourth-order valence-electron chi connectivity index (χ4n) is 1.66. The van der Waals surface area contributed by atoms with Crippen LogP contribution in [-0.4, -0.2) is 29.5 Å². The van der Waals surface area contributed by atoms with E-state index in [2.05, 4.69) is 4.98 Å². The Morgan fingerprint density at radius 3 is 2.81 bits per heavy atom. The molecule has 0 aliphatic heterocycles. The first-order valence-corrected chi connectivity index (χ1v) is 8.00. The average Bonchev–Trinajstić information content (AvgIpc) is 2.92. The molecule has 1 aliphatic rings. The molecule has 0 aromatic carbocycles. The van der Waals surface area contributed by atoms with E-state index in [4.69, 9.17) is 0 Å². The fraction of sp³-hybridized carbons (Fsp3) is 0.700. The molecule has 90 valence electrons. The molecule has 4 nitrogen and oxygen atoms in total. The van der Waals surface area contributed by atoms with Crippen molar-refractivity contribution in [3.63, 3.8) is 0 Å². The quantitative estimate of drug-likeness (QED) is 0.784. The van der Waals surface area contributed by atoms with Crippen molar-refractivity contribution in [2.45, 2.75) is 38.8 Å². The van der Waals surface area contributed by atoms with Crippen molar-refractivity contribution < 1.29 is 8.42 Å². The predicted molar refractivity (Wildman–Crippen MR) is 64.8 cm³/mol. The Labute approximate surface area is 100 Å². The maximum Gasteiger partial charge on any atom is 0.214 e. The third-order valence-electron chi connectivity index (χ3n) is 2.55. The average molecular weight is 260 g/mol. The van der Waals surface area contributed by atoms with Crippen LogP contribution in [0.5, 0.6) is 0 Å². The Morgan fingerprint density at radius 1 is 1.56 bits per heavy atom. The third-order valence-corrected chi connectivity index (χ3v) is 5.38. The fourth-order valence-corrected chi connectivity index (χ4v) is 4.09. The Hall–Kier alpha value is -0.460. The van der Waals surface area contributed by atoms with Gasteiger partial charge in [-0.15, -0.1) is 11.3 Å². The molecule has 2 rings (SSSR count). The molecule has 0 atom stereocenters. The molecule has 16 heavy (non-hydrogen) atoms. The van der Waals surface area contributed by atoms with Crippen LogP contribution >= 0.6 is 11.3 Å². The molecule has 0 N–H and O–H groups in total. The van der Waals surface area contributed by atoms with Gasteiger partial charge in [-0.05, 0) is 19.3 Å². The molecule has 0 unspecified atom stereocenters. The van der Waals surface area contributed by atoms with Crippen molar-refractivity contribution >= 4 is 21.4 Å². The molecule has 1 aromatic rings. The molecule has 1 fully saturated rings. The van der Waals surface area contributed by atoms with Crippen molar-refractivity contribution in [1.29, 1.82) is 0 Å². The lowest BCUT2D eigenvalue weighted by atomic mass is 10.6. The number of hydrogen-bond donors (Lipinski definition) is 0. The van der Waals surface area contributed by atoms with E-state index >= 15 is 0 Å². The lowest BCUT2D eigenvalue weighted by Crippen LogP contribution is -2.34. The Bertz CT molecular complexity index is 424.